The highest BCUT2D eigenvalue weighted by Gasteiger charge is 2.21. The van der Waals surface area contributed by atoms with Gasteiger partial charge in [-0.05, 0) is 43.7 Å². The maximum Gasteiger partial charge on any atom is 0.293 e. The Labute approximate surface area is 154 Å². The Morgan fingerprint density at radius 3 is 2.28 bits per heavy atom. The molecule has 2 rings (SSSR count). The molecule has 0 saturated heterocycles. The normalized spacial score (nSPS) is 11.4. The number of hydrogen-bond donors (Lipinski definition) is 2. The monoisotopic (exact) mass is 382 g/mol. The third-order valence-corrected chi connectivity index (χ3v) is 3.94. The predicted molar refractivity (Wildman–Crippen MR) is 97.9 cm³/mol. The number of nitro groups is 1. The number of anilines is 2. The molecule has 0 amide bonds. The molecule has 8 heteroatoms. The smallest absolute Gasteiger partial charge is 0.293 e. The molecule has 0 aliphatic heterocycles. The molecule has 0 atom stereocenters. The van der Waals surface area contributed by atoms with E-state index in [2.05, 4.69) is 5.32 Å². The fourth-order valence-electron chi connectivity index (χ4n) is 2.18. The SMILES string of the molecule is CC(C)(O)c1ccc(Nc2ccc(C(=O)C(Cl)Cl)cc2[N+](=O)[O-])cc1. The number of aliphatic hydroxyl groups is 1. The zero-order valence-corrected chi connectivity index (χ0v) is 15.0. The average molecular weight is 383 g/mol. The van der Waals surface area contributed by atoms with Crippen molar-refractivity contribution in [3.05, 3.63) is 63.7 Å². The van der Waals surface area contributed by atoms with Crippen molar-refractivity contribution in [2.24, 2.45) is 0 Å². The highest BCUT2D eigenvalue weighted by molar-refractivity contribution is 6.55. The molecule has 2 aromatic rings. The van der Waals surface area contributed by atoms with E-state index in [1.807, 2.05) is 0 Å². The number of benzene rings is 2. The van der Waals surface area contributed by atoms with Gasteiger partial charge < -0.3 is 10.4 Å². The Morgan fingerprint density at radius 1 is 1.20 bits per heavy atom. The minimum absolute atomic E-state index is 0.0598. The van der Waals surface area contributed by atoms with Crippen LogP contribution in [0.1, 0.15) is 29.8 Å². The number of Topliss-reactive ketones (excluding diaryl/α,β-unsaturated/α-hetero) is 1. The molecular weight excluding hydrogens is 367 g/mol. The van der Waals surface area contributed by atoms with E-state index >= 15 is 0 Å². The van der Waals surface area contributed by atoms with E-state index in [1.165, 1.54) is 12.1 Å². The standard InChI is InChI=1S/C17H16Cl2N2O4/c1-17(2,23)11-4-6-12(7-5-11)20-13-8-3-10(15(22)16(18)19)9-14(13)21(24)25/h3-9,16,20,23H,1-2H3. The summed E-state index contributed by atoms with van der Waals surface area (Å²) in [5.41, 5.74) is 0.340. The van der Waals surface area contributed by atoms with Gasteiger partial charge in [-0.15, -0.1) is 0 Å². The Kier molecular flexibility index (Phi) is 5.67. The molecule has 0 aromatic heterocycles. The van der Waals surface area contributed by atoms with Gasteiger partial charge in [-0.1, -0.05) is 35.3 Å². The van der Waals surface area contributed by atoms with Gasteiger partial charge in [0.1, 0.15) is 5.69 Å². The molecule has 0 aliphatic rings. The van der Waals surface area contributed by atoms with Gasteiger partial charge in [0.25, 0.3) is 5.69 Å². The first-order valence-corrected chi connectivity index (χ1v) is 8.17. The van der Waals surface area contributed by atoms with E-state index in [1.54, 1.807) is 38.1 Å². The summed E-state index contributed by atoms with van der Waals surface area (Å²) in [6.07, 6.45) is 0. The van der Waals surface area contributed by atoms with Crippen LogP contribution in [0.25, 0.3) is 0 Å². The molecule has 0 unspecified atom stereocenters. The van der Waals surface area contributed by atoms with Crippen LogP contribution in [0.15, 0.2) is 42.5 Å². The van der Waals surface area contributed by atoms with Crippen molar-refractivity contribution in [2.75, 3.05) is 5.32 Å². The van der Waals surface area contributed by atoms with Crippen LogP contribution in [0.3, 0.4) is 0 Å². The van der Waals surface area contributed by atoms with E-state index < -0.39 is 21.1 Å². The summed E-state index contributed by atoms with van der Waals surface area (Å²) in [6, 6.07) is 10.8. The fraction of sp³-hybridized carbons (Fsp3) is 0.235. The maximum absolute atomic E-state index is 11.8. The van der Waals surface area contributed by atoms with Crippen LogP contribution < -0.4 is 5.32 Å². The Morgan fingerprint density at radius 2 is 1.80 bits per heavy atom. The minimum Gasteiger partial charge on any atom is -0.386 e. The van der Waals surface area contributed by atoms with Crippen LogP contribution in [0.2, 0.25) is 0 Å². The van der Waals surface area contributed by atoms with Crippen molar-refractivity contribution in [3.8, 4) is 0 Å². The second-order valence-corrected chi connectivity index (χ2v) is 7.01. The lowest BCUT2D eigenvalue weighted by Gasteiger charge is -2.18. The first-order chi connectivity index (χ1) is 11.6. The molecule has 0 aliphatic carbocycles. The topological polar surface area (TPSA) is 92.5 Å². The van der Waals surface area contributed by atoms with Crippen LogP contribution in [0, 0.1) is 10.1 Å². The Balaban J connectivity index is 2.33. The molecule has 132 valence electrons. The third-order valence-electron chi connectivity index (χ3n) is 3.55. The van der Waals surface area contributed by atoms with Crippen molar-refractivity contribution in [3.63, 3.8) is 0 Å². The van der Waals surface area contributed by atoms with Crippen LogP contribution in [-0.4, -0.2) is 20.6 Å². The number of nitrogens with zero attached hydrogens (tertiary/aromatic N) is 1. The van der Waals surface area contributed by atoms with E-state index in [0.29, 0.717) is 11.3 Å². The number of hydrogen-bond acceptors (Lipinski definition) is 5. The lowest BCUT2D eigenvalue weighted by Crippen LogP contribution is -2.15. The first kappa shape index (κ1) is 19.2. The number of carbonyl (C=O) groups is 1. The van der Waals surface area contributed by atoms with E-state index in [0.717, 1.165) is 6.07 Å². The zero-order chi connectivity index (χ0) is 18.8. The summed E-state index contributed by atoms with van der Waals surface area (Å²) >= 11 is 11.1. The van der Waals surface area contributed by atoms with Crippen molar-refractivity contribution in [1.82, 2.24) is 0 Å². The van der Waals surface area contributed by atoms with E-state index in [4.69, 9.17) is 23.2 Å². The molecular formula is C17H16Cl2N2O4. The summed E-state index contributed by atoms with van der Waals surface area (Å²) in [7, 11) is 0. The number of rotatable bonds is 6. The van der Waals surface area contributed by atoms with Crippen molar-refractivity contribution in [1.29, 1.82) is 0 Å². The number of carbonyl (C=O) groups excluding carboxylic acids is 1. The predicted octanol–water partition coefficient (Wildman–Crippen LogP) is 4.55. The number of ketones is 1. The van der Waals surface area contributed by atoms with Gasteiger partial charge in [-0.25, -0.2) is 0 Å². The molecule has 0 spiro atoms. The van der Waals surface area contributed by atoms with E-state index in [-0.39, 0.29) is 16.9 Å². The minimum atomic E-state index is -1.28. The lowest BCUT2D eigenvalue weighted by atomic mass is 9.98. The Bertz CT molecular complexity index is 799. The molecule has 0 fully saturated rings. The summed E-state index contributed by atoms with van der Waals surface area (Å²) in [4.78, 5) is 21.2. The van der Waals surface area contributed by atoms with Crippen molar-refractivity contribution < 1.29 is 14.8 Å². The van der Waals surface area contributed by atoms with Crippen LogP contribution >= 0.6 is 23.2 Å². The Hall–Kier alpha value is -2.15. The zero-order valence-electron chi connectivity index (χ0n) is 13.5. The van der Waals surface area contributed by atoms with E-state index in [9.17, 15) is 20.0 Å². The number of alkyl halides is 2. The van der Waals surface area contributed by atoms with Crippen molar-refractivity contribution in [2.45, 2.75) is 24.3 Å². The van der Waals surface area contributed by atoms with Gasteiger partial charge in [-0.3, -0.25) is 14.9 Å². The summed E-state index contributed by atoms with van der Waals surface area (Å²) in [6.45, 7) is 3.33. The number of halogens is 2. The largest absolute Gasteiger partial charge is 0.386 e. The highest BCUT2D eigenvalue weighted by Crippen LogP contribution is 2.30. The summed E-state index contributed by atoms with van der Waals surface area (Å²) in [5, 5.41) is 24.2. The second-order valence-electron chi connectivity index (χ2n) is 5.92. The molecule has 0 heterocycles. The molecule has 2 N–H and O–H groups in total. The lowest BCUT2D eigenvalue weighted by molar-refractivity contribution is -0.383. The average Bonchev–Trinajstić information content (AvgIpc) is 2.54. The van der Waals surface area contributed by atoms with Crippen LogP contribution in [0.5, 0.6) is 0 Å². The number of nitro benzene ring substituents is 1. The first-order valence-electron chi connectivity index (χ1n) is 7.30. The summed E-state index contributed by atoms with van der Waals surface area (Å²) < 4.78 is 0. The van der Waals surface area contributed by atoms with Gasteiger partial charge in [0, 0.05) is 17.3 Å². The number of nitrogens with one attached hydrogen (secondary N) is 1. The molecule has 0 bridgehead atoms. The second kappa shape index (κ2) is 7.39. The molecule has 6 nitrogen and oxygen atoms in total. The quantitative estimate of drug-likeness (QED) is 0.330. The van der Waals surface area contributed by atoms with Gasteiger partial charge >= 0.3 is 0 Å². The summed E-state index contributed by atoms with van der Waals surface area (Å²) in [5.74, 6) is -0.604. The molecule has 2 aromatic carbocycles. The molecule has 0 saturated carbocycles. The maximum atomic E-state index is 11.8. The van der Waals surface area contributed by atoms with Crippen molar-refractivity contribution >= 4 is 46.0 Å². The third kappa shape index (κ3) is 4.69. The fourth-order valence-corrected chi connectivity index (χ4v) is 2.44. The van der Waals surface area contributed by atoms with Crippen LogP contribution in [0.4, 0.5) is 17.1 Å². The highest BCUT2D eigenvalue weighted by atomic mass is 35.5. The van der Waals surface area contributed by atoms with Gasteiger partial charge in [-0.2, -0.15) is 0 Å². The van der Waals surface area contributed by atoms with Gasteiger partial charge in [0.15, 0.2) is 10.6 Å². The molecule has 25 heavy (non-hydrogen) atoms. The van der Waals surface area contributed by atoms with Gasteiger partial charge in [0.05, 0.1) is 10.5 Å². The molecule has 0 radical (unpaired) electrons. The van der Waals surface area contributed by atoms with Gasteiger partial charge in [0.2, 0.25) is 0 Å². The van der Waals surface area contributed by atoms with Crippen LogP contribution in [-0.2, 0) is 5.60 Å².